The van der Waals surface area contributed by atoms with Crippen molar-refractivity contribution in [2.75, 3.05) is 7.11 Å². The lowest BCUT2D eigenvalue weighted by atomic mass is 10.2. The predicted octanol–water partition coefficient (Wildman–Crippen LogP) is 4.32. The summed E-state index contributed by atoms with van der Waals surface area (Å²) in [7, 11) is 1.35. The summed E-state index contributed by atoms with van der Waals surface area (Å²) in [5.74, 6) is 0.140. The Morgan fingerprint density at radius 3 is 2.78 bits per heavy atom. The van der Waals surface area contributed by atoms with Crippen molar-refractivity contribution in [1.29, 1.82) is 0 Å². The Bertz CT molecular complexity index is 1170. The molecule has 0 aliphatic heterocycles. The fraction of sp³-hybridized carbons (Fsp3) is 0.150. The minimum atomic E-state index is -0.376. The summed E-state index contributed by atoms with van der Waals surface area (Å²) in [5, 5.41) is 9.84. The molecule has 3 aromatic heterocycles. The highest BCUT2D eigenvalue weighted by atomic mass is 16.5. The van der Waals surface area contributed by atoms with Gasteiger partial charge in [-0.3, -0.25) is 14.2 Å². The maximum atomic E-state index is 11.8. The maximum Gasteiger partial charge on any atom is 0.311 e. The van der Waals surface area contributed by atoms with Crippen molar-refractivity contribution in [2.24, 2.45) is 10.2 Å². The minimum absolute atomic E-state index is 0.0275. The Hall–Kier alpha value is -3.61. The van der Waals surface area contributed by atoms with Gasteiger partial charge in [-0.2, -0.15) is 0 Å². The molecule has 7 heteroatoms. The van der Waals surface area contributed by atoms with Crippen LogP contribution in [0.15, 0.2) is 65.0 Å². The zero-order valence-electron chi connectivity index (χ0n) is 15.0. The highest BCUT2D eigenvalue weighted by Crippen LogP contribution is 2.29. The molecular weight excluding hydrogens is 342 g/mol. The van der Waals surface area contributed by atoms with Crippen molar-refractivity contribution in [3.05, 3.63) is 66.1 Å². The van der Waals surface area contributed by atoms with Gasteiger partial charge in [0.2, 0.25) is 0 Å². The number of imidazole rings is 1. The molecule has 0 amide bonds. The normalized spacial score (nSPS) is 11.5. The molecule has 0 fully saturated rings. The summed E-state index contributed by atoms with van der Waals surface area (Å²) in [5.41, 5.74) is 3.59. The van der Waals surface area contributed by atoms with E-state index in [0.717, 1.165) is 16.6 Å². The number of aryl methyl sites for hydroxylation is 1. The highest BCUT2D eigenvalue weighted by Gasteiger charge is 2.17. The van der Waals surface area contributed by atoms with Crippen molar-refractivity contribution < 1.29 is 9.53 Å². The van der Waals surface area contributed by atoms with Gasteiger partial charge in [0.15, 0.2) is 5.82 Å². The first-order valence-electron chi connectivity index (χ1n) is 8.46. The van der Waals surface area contributed by atoms with E-state index in [4.69, 9.17) is 4.74 Å². The Morgan fingerprint density at radius 2 is 1.93 bits per heavy atom. The summed E-state index contributed by atoms with van der Waals surface area (Å²) in [6, 6.07) is 15.3. The lowest BCUT2D eigenvalue weighted by molar-refractivity contribution is -0.139. The van der Waals surface area contributed by atoms with Crippen LogP contribution in [0.1, 0.15) is 11.4 Å². The summed E-state index contributed by atoms with van der Waals surface area (Å²) in [6.45, 7) is 1.95. The van der Waals surface area contributed by atoms with Gasteiger partial charge in [0.25, 0.3) is 0 Å². The second-order valence-electron chi connectivity index (χ2n) is 6.05. The number of fused-ring (bicyclic) bond motifs is 2. The molecule has 7 nitrogen and oxygen atoms in total. The number of hydrogen-bond acceptors (Lipinski definition) is 6. The van der Waals surface area contributed by atoms with Crippen LogP contribution in [-0.2, 0) is 16.0 Å². The molecule has 1 aromatic carbocycles. The number of esters is 1. The van der Waals surface area contributed by atoms with Crippen LogP contribution in [0, 0.1) is 6.92 Å². The molecule has 0 unspecified atom stereocenters. The average Bonchev–Trinajstić information content (AvgIpc) is 3.04. The second-order valence-corrected chi connectivity index (χ2v) is 6.05. The second kappa shape index (κ2) is 6.95. The number of para-hydroxylation sites is 1. The minimum Gasteiger partial charge on any atom is -0.469 e. The number of nitrogens with zero attached hydrogens (tertiary/aromatic N) is 5. The van der Waals surface area contributed by atoms with Crippen LogP contribution in [0.3, 0.4) is 0 Å². The number of benzene rings is 1. The number of azo groups is 1. The van der Waals surface area contributed by atoms with E-state index >= 15 is 0 Å². The average molecular weight is 359 g/mol. The van der Waals surface area contributed by atoms with E-state index in [9.17, 15) is 4.79 Å². The zero-order valence-corrected chi connectivity index (χ0v) is 15.0. The fourth-order valence-electron chi connectivity index (χ4n) is 2.98. The monoisotopic (exact) mass is 359 g/mol. The van der Waals surface area contributed by atoms with E-state index in [0.29, 0.717) is 22.8 Å². The van der Waals surface area contributed by atoms with E-state index in [2.05, 4.69) is 20.2 Å². The third kappa shape index (κ3) is 3.15. The van der Waals surface area contributed by atoms with Gasteiger partial charge in [0.05, 0.1) is 24.7 Å². The molecule has 0 atom stereocenters. The Morgan fingerprint density at radius 1 is 1.11 bits per heavy atom. The summed E-state index contributed by atoms with van der Waals surface area (Å²) < 4.78 is 6.66. The number of hydrogen-bond donors (Lipinski definition) is 0. The van der Waals surface area contributed by atoms with Crippen LogP contribution in [0.2, 0.25) is 0 Å². The van der Waals surface area contributed by atoms with Crippen molar-refractivity contribution in [3.63, 3.8) is 0 Å². The Labute approximate surface area is 155 Å². The molecule has 0 spiro atoms. The van der Waals surface area contributed by atoms with Crippen LogP contribution in [-0.4, -0.2) is 27.4 Å². The third-order valence-electron chi connectivity index (χ3n) is 4.29. The molecule has 134 valence electrons. The maximum absolute atomic E-state index is 11.8. The molecule has 0 radical (unpaired) electrons. The van der Waals surface area contributed by atoms with E-state index in [1.165, 1.54) is 7.11 Å². The lowest BCUT2D eigenvalue weighted by Crippen LogP contribution is -2.04. The van der Waals surface area contributed by atoms with Gasteiger partial charge >= 0.3 is 5.97 Å². The number of carbonyl (C=O) groups excluding carboxylic acids is 1. The van der Waals surface area contributed by atoms with E-state index in [1.807, 2.05) is 59.9 Å². The molecular formula is C20H17N5O2. The van der Waals surface area contributed by atoms with Crippen LogP contribution in [0.5, 0.6) is 0 Å². The van der Waals surface area contributed by atoms with Crippen LogP contribution in [0.25, 0.3) is 16.6 Å². The molecule has 0 bridgehead atoms. The standard InChI is InChI=1S/C20H17N5O2/c1-13-6-3-10-17-22-16(12-18(26)27-2)20(25(13)17)24-23-15-9-4-7-14-8-5-11-21-19(14)15/h3-11H,12H2,1-2H3. The zero-order chi connectivity index (χ0) is 18.8. The number of pyridine rings is 2. The van der Waals surface area contributed by atoms with Gasteiger partial charge in [0.1, 0.15) is 11.3 Å². The van der Waals surface area contributed by atoms with Gasteiger partial charge in [-0.05, 0) is 31.2 Å². The number of rotatable bonds is 4. The van der Waals surface area contributed by atoms with E-state index in [-0.39, 0.29) is 12.4 Å². The van der Waals surface area contributed by atoms with E-state index in [1.54, 1.807) is 6.20 Å². The predicted molar refractivity (Wildman–Crippen MR) is 102 cm³/mol. The quantitative estimate of drug-likeness (QED) is 0.401. The molecule has 0 aliphatic rings. The first-order valence-corrected chi connectivity index (χ1v) is 8.46. The van der Waals surface area contributed by atoms with Crippen LogP contribution < -0.4 is 0 Å². The number of aromatic nitrogens is 3. The summed E-state index contributed by atoms with van der Waals surface area (Å²) in [4.78, 5) is 20.7. The lowest BCUT2D eigenvalue weighted by Gasteiger charge is -2.03. The van der Waals surface area contributed by atoms with Crippen LogP contribution >= 0.6 is 0 Å². The van der Waals surface area contributed by atoms with Gasteiger partial charge < -0.3 is 4.74 Å². The molecule has 0 saturated heterocycles. The molecule has 27 heavy (non-hydrogen) atoms. The van der Waals surface area contributed by atoms with Crippen molar-refractivity contribution in [2.45, 2.75) is 13.3 Å². The topological polar surface area (TPSA) is 81.2 Å². The van der Waals surface area contributed by atoms with Crippen molar-refractivity contribution >= 4 is 34.0 Å². The fourth-order valence-corrected chi connectivity index (χ4v) is 2.98. The summed E-state index contributed by atoms with van der Waals surface area (Å²) >= 11 is 0. The van der Waals surface area contributed by atoms with Gasteiger partial charge in [-0.25, -0.2) is 4.98 Å². The van der Waals surface area contributed by atoms with Gasteiger partial charge in [-0.1, -0.05) is 24.3 Å². The van der Waals surface area contributed by atoms with Crippen molar-refractivity contribution in [1.82, 2.24) is 14.4 Å². The van der Waals surface area contributed by atoms with Crippen molar-refractivity contribution in [3.8, 4) is 0 Å². The van der Waals surface area contributed by atoms with E-state index < -0.39 is 0 Å². The number of ether oxygens (including phenoxy) is 1. The first-order chi connectivity index (χ1) is 13.2. The summed E-state index contributed by atoms with van der Waals surface area (Å²) in [6.07, 6.45) is 1.75. The van der Waals surface area contributed by atoms with Crippen LogP contribution in [0.4, 0.5) is 11.5 Å². The largest absolute Gasteiger partial charge is 0.469 e. The molecule has 0 saturated carbocycles. The molecule has 4 rings (SSSR count). The Kier molecular flexibility index (Phi) is 4.33. The number of methoxy groups -OCH3 is 1. The third-order valence-corrected chi connectivity index (χ3v) is 4.29. The van der Waals surface area contributed by atoms with Gasteiger partial charge in [0, 0.05) is 17.3 Å². The number of carbonyl (C=O) groups is 1. The molecule has 3 heterocycles. The first kappa shape index (κ1) is 16.8. The Balaban J connectivity index is 1.85. The highest BCUT2D eigenvalue weighted by molar-refractivity contribution is 5.88. The smallest absolute Gasteiger partial charge is 0.311 e. The molecule has 0 N–H and O–H groups in total. The molecule has 0 aliphatic carbocycles. The SMILES string of the molecule is COC(=O)Cc1nc2cccc(C)n2c1N=Nc1cccc2cccnc12. The van der Waals surface area contributed by atoms with Gasteiger partial charge in [-0.15, -0.1) is 10.2 Å². The molecule has 4 aromatic rings.